The van der Waals surface area contributed by atoms with Gasteiger partial charge in [-0.05, 0) is 55.2 Å². The number of methoxy groups -OCH3 is 1. The predicted molar refractivity (Wildman–Crippen MR) is 136 cm³/mol. The number of amides is 1. The number of aromatic nitrogens is 5. The molecule has 176 valence electrons. The van der Waals surface area contributed by atoms with Gasteiger partial charge in [-0.25, -0.2) is 0 Å². The summed E-state index contributed by atoms with van der Waals surface area (Å²) in [6.45, 7) is 3.04. The molecule has 0 radical (unpaired) electrons. The van der Waals surface area contributed by atoms with Crippen molar-refractivity contribution in [1.82, 2.24) is 25.0 Å². The van der Waals surface area contributed by atoms with Crippen molar-refractivity contribution in [2.75, 3.05) is 12.4 Å². The maximum absolute atomic E-state index is 13.1. The second-order valence-corrected chi connectivity index (χ2v) is 9.60. The fraction of sp³-hybridized carbons (Fsp3) is 0.231. The average Bonchev–Trinajstić information content (AvgIpc) is 3.61. The van der Waals surface area contributed by atoms with E-state index in [1.165, 1.54) is 33.4 Å². The summed E-state index contributed by atoms with van der Waals surface area (Å²) in [4.78, 5) is 13.1. The third-order valence-electron chi connectivity index (χ3n) is 6.55. The van der Waals surface area contributed by atoms with Gasteiger partial charge in [-0.15, -0.1) is 10.2 Å². The van der Waals surface area contributed by atoms with Crippen LogP contribution in [0.2, 0.25) is 0 Å². The number of anilines is 1. The number of para-hydroxylation sites is 1. The SMILES string of the molecule is CCn1cc(Cc2nnc(NC(=O)c3[nH]nc4c3CCc3cc(OC)ccc3-4)s2)c2ccccc21. The van der Waals surface area contributed by atoms with E-state index in [9.17, 15) is 4.79 Å². The van der Waals surface area contributed by atoms with E-state index in [4.69, 9.17) is 4.74 Å². The van der Waals surface area contributed by atoms with Crippen molar-refractivity contribution in [3.8, 4) is 17.0 Å². The van der Waals surface area contributed by atoms with E-state index in [1.807, 2.05) is 18.2 Å². The molecule has 0 bridgehead atoms. The number of nitrogens with zero attached hydrogens (tertiary/aromatic N) is 4. The number of benzene rings is 2. The number of hydrogen-bond donors (Lipinski definition) is 2. The van der Waals surface area contributed by atoms with Crippen LogP contribution >= 0.6 is 11.3 Å². The van der Waals surface area contributed by atoms with Crippen molar-refractivity contribution in [2.45, 2.75) is 32.7 Å². The van der Waals surface area contributed by atoms with Crippen LogP contribution in [0.3, 0.4) is 0 Å². The van der Waals surface area contributed by atoms with E-state index in [-0.39, 0.29) is 5.91 Å². The molecule has 8 nitrogen and oxygen atoms in total. The Morgan fingerprint density at radius 2 is 2.09 bits per heavy atom. The van der Waals surface area contributed by atoms with Gasteiger partial charge in [0.15, 0.2) is 0 Å². The van der Waals surface area contributed by atoms with Crippen molar-refractivity contribution in [3.63, 3.8) is 0 Å². The molecule has 9 heteroatoms. The van der Waals surface area contributed by atoms with E-state index < -0.39 is 0 Å². The summed E-state index contributed by atoms with van der Waals surface area (Å²) < 4.78 is 7.58. The smallest absolute Gasteiger partial charge is 0.275 e. The Bertz CT molecular complexity index is 1560. The minimum atomic E-state index is -0.249. The summed E-state index contributed by atoms with van der Waals surface area (Å²) in [6, 6.07) is 14.3. The van der Waals surface area contributed by atoms with Crippen LogP contribution in [0.25, 0.3) is 22.2 Å². The van der Waals surface area contributed by atoms with Crippen molar-refractivity contribution in [3.05, 3.63) is 76.1 Å². The van der Waals surface area contributed by atoms with Crippen molar-refractivity contribution < 1.29 is 9.53 Å². The van der Waals surface area contributed by atoms with E-state index in [0.717, 1.165) is 47.0 Å². The molecule has 0 fully saturated rings. The molecule has 0 saturated carbocycles. The summed E-state index contributed by atoms with van der Waals surface area (Å²) >= 11 is 1.40. The molecule has 2 aromatic carbocycles. The minimum absolute atomic E-state index is 0.249. The third-order valence-corrected chi connectivity index (χ3v) is 7.39. The molecule has 5 aromatic rings. The van der Waals surface area contributed by atoms with Gasteiger partial charge in [-0.3, -0.25) is 15.2 Å². The highest BCUT2D eigenvalue weighted by Gasteiger charge is 2.26. The maximum atomic E-state index is 13.1. The van der Waals surface area contributed by atoms with Crippen LogP contribution in [0.4, 0.5) is 5.13 Å². The molecular formula is C26H24N6O2S. The van der Waals surface area contributed by atoms with Gasteiger partial charge in [-0.1, -0.05) is 29.5 Å². The van der Waals surface area contributed by atoms with Crippen LogP contribution in [0, 0.1) is 0 Å². The van der Waals surface area contributed by atoms with Crippen LogP contribution in [-0.2, 0) is 25.8 Å². The first-order chi connectivity index (χ1) is 17.1. The molecule has 0 saturated heterocycles. The molecule has 3 aromatic heterocycles. The number of fused-ring (bicyclic) bond motifs is 4. The Morgan fingerprint density at radius 3 is 2.94 bits per heavy atom. The molecule has 35 heavy (non-hydrogen) atoms. The minimum Gasteiger partial charge on any atom is -0.497 e. The van der Waals surface area contributed by atoms with Gasteiger partial charge >= 0.3 is 0 Å². The zero-order valence-electron chi connectivity index (χ0n) is 19.5. The summed E-state index contributed by atoms with van der Waals surface area (Å²) in [6.07, 6.45) is 4.40. The first-order valence-corrected chi connectivity index (χ1v) is 12.4. The van der Waals surface area contributed by atoms with Gasteiger partial charge in [-0.2, -0.15) is 5.10 Å². The molecule has 0 aliphatic heterocycles. The molecule has 0 atom stereocenters. The maximum Gasteiger partial charge on any atom is 0.275 e. The average molecular weight is 485 g/mol. The van der Waals surface area contributed by atoms with Crippen LogP contribution in [0.1, 0.15) is 39.1 Å². The van der Waals surface area contributed by atoms with E-state index in [2.05, 4.69) is 67.7 Å². The number of carbonyl (C=O) groups excluding carboxylic acids is 1. The lowest BCUT2D eigenvalue weighted by Gasteiger charge is -2.16. The summed E-state index contributed by atoms with van der Waals surface area (Å²) in [5.41, 5.74) is 6.85. The number of carbonyl (C=O) groups is 1. The quantitative estimate of drug-likeness (QED) is 0.359. The normalized spacial score (nSPS) is 12.4. The van der Waals surface area contributed by atoms with Crippen LogP contribution in [-0.4, -0.2) is 38.0 Å². The fourth-order valence-electron chi connectivity index (χ4n) is 4.84. The Morgan fingerprint density at radius 1 is 1.20 bits per heavy atom. The summed E-state index contributed by atoms with van der Waals surface area (Å²) in [7, 11) is 1.66. The Kier molecular flexibility index (Phi) is 5.33. The third kappa shape index (κ3) is 3.77. The summed E-state index contributed by atoms with van der Waals surface area (Å²) in [5.74, 6) is 0.577. The first-order valence-electron chi connectivity index (χ1n) is 11.6. The molecule has 1 aliphatic carbocycles. The van der Waals surface area contributed by atoms with Crippen molar-refractivity contribution >= 4 is 33.3 Å². The summed E-state index contributed by atoms with van der Waals surface area (Å²) in [5, 5.41) is 21.4. The number of H-pyrrole nitrogens is 1. The first kappa shape index (κ1) is 21.5. The highest BCUT2D eigenvalue weighted by molar-refractivity contribution is 7.15. The Labute approximate surface area is 206 Å². The van der Waals surface area contributed by atoms with Crippen molar-refractivity contribution in [1.29, 1.82) is 0 Å². The Balaban J connectivity index is 1.21. The highest BCUT2D eigenvalue weighted by Crippen LogP contribution is 2.36. The second-order valence-electron chi connectivity index (χ2n) is 8.54. The van der Waals surface area contributed by atoms with Crippen LogP contribution in [0.5, 0.6) is 5.75 Å². The highest BCUT2D eigenvalue weighted by atomic mass is 32.1. The number of rotatable bonds is 6. The molecule has 1 aliphatic rings. The number of nitrogens with one attached hydrogen (secondary N) is 2. The monoisotopic (exact) mass is 484 g/mol. The van der Waals surface area contributed by atoms with Gasteiger partial charge in [0.2, 0.25) is 5.13 Å². The lowest BCUT2D eigenvalue weighted by Crippen LogP contribution is -2.15. The van der Waals surface area contributed by atoms with Gasteiger partial charge in [0.25, 0.3) is 5.91 Å². The molecule has 2 N–H and O–H groups in total. The topological polar surface area (TPSA) is 97.7 Å². The van der Waals surface area contributed by atoms with Crippen molar-refractivity contribution in [2.24, 2.45) is 0 Å². The van der Waals surface area contributed by atoms with Crippen LogP contribution < -0.4 is 10.1 Å². The predicted octanol–water partition coefficient (Wildman–Crippen LogP) is 4.85. The standard InChI is InChI=1S/C26H24N6O2S/c1-3-32-14-16(18-6-4-5-7-21(18)32)13-22-28-31-26(35-22)27-25(33)24-20-10-8-15-12-17(34-2)9-11-19(15)23(20)29-30-24/h4-7,9,11-12,14H,3,8,10,13H2,1-2H3,(H,29,30)(H,27,31,33). The number of ether oxygens (including phenoxy) is 1. The van der Waals surface area contributed by atoms with E-state index >= 15 is 0 Å². The molecule has 6 rings (SSSR count). The zero-order chi connectivity index (χ0) is 23.9. The lowest BCUT2D eigenvalue weighted by atomic mass is 9.89. The molecule has 0 spiro atoms. The molecule has 3 heterocycles. The lowest BCUT2D eigenvalue weighted by molar-refractivity contribution is 0.102. The molecule has 1 amide bonds. The van der Waals surface area contributed by atoms with E-state index in [1.54, 1.807) is 7.11 Å². The Hall–Kier alpha value is -3.98. The van der Waals surface area contributed by atoms with Gasteiger partial charge in [0.05, 0.1) is 12.8 Å². The molecular weight excluding hydrogens is 460 g/mol. The number of hydrogen-bond acceptors (Lipinski definition) is 6. The van der Waals surface area contributed by atoms with Gasteiger partial charge < -0.3 is 9.30 Å². The number of aromatic amines is 1. The number of aryl methyl sites for hydroxylation is 2. The second kappa shape index (κ2) is 8.66. The largest absolute Gasteiger partial charge is 0.497 e. The molecule has 0 unspecified atom stereocenters. The van der Waals surface area contributed by atoms with Gasteiger partial charge in [0, 0.05) is 41.2 Å². The van der Waals surface area contributed by atoms with Gasteiger partial charge in [0.1, 0.15) is 16.5 Å². The zero-order valence-corrected chi connectivity index (χ0v) is 20.3. The fourth-order valence-corrected chi connectivity index (χ4v) is 5.60. The van der Waals surface area contributed by atoms with Crippen LogP contribution in [0.15, 0.2) is 48.7 Å². The van der Waals surface area contributed by atoms with E-state index in [0.29, 0.717) is 17.2 Å².